The Balaban J connectivity index is 2.09. The quantitative estimate of drug-likeness (QED) is 0.878. The minimum Gasteiger partial charge on any atom is -0.493 e. The molecule has 1 heterocycles. The second-order valence-corrected chi connectivity index (χ2v) is 6.91. The number of hydrogen-bond acceptors (Lipinski definition) is 4. The minimum atomic E-state index is -0.627. The molecular formula is C20H24N2O3. The Morgan fingerprint density at radius 1 is 1.04 bits per heavy atom. The van der Waals surface area contributed by atoms with Crippen molar-refractivity contribution in [2.75, 3.05) is 24.9 Å². The molecule has 1 unspecified atom stereocenters. The van der Waals surface area contributed by atoms with Crippen LogP contribution < -0.4 is 20.1 Å². The summed E-state index contributed by atoms with van der Waals surface area (Å²) in [5.74, 6) is 1.20. The Bertz CT molecular complexity index is 797. The highest BCUT2D eigenvalue weighted by Crippen LogP contribution is 2.47. The maximum Gasteiger partial charge on any atom is 0.232 e. The molecule has 1 aliphatic heterocycles. The van der Waals surface area contributed by atoms with E-state index in [9.17, 15) is 4.79 Å². The molecule has 25 heavy (non-hydrogen) atoms. The van der Waals surface area contributed by atoms with Gasteiger partial charge in [-0.15, -0.1) is 0 Å². The fourth-order valence-corrected chi connectivity index (χ4v) is 3.12. The van der Waals surface area contributed by atoms with Crippen LogP contribution in [0.25, 0.3) is 0 Å². The van der Waals surface area contributed by atoms with Crippen molar-refractivity contribution < 1.29 is 14.3 Å². The number of methoxy groups -OCH3 is 2. The van der Waals surface area contributed by atoms with E-state index >= 15 is 0 Å². The number of ether oxygens (including phenoxy) is 2. The average Bonchev–Trinajstić information content (AvgIpc) is 2.60. The van der Waals surface area contributed by atoms with Crippen molar-refractivity contribution in [1.29, 1.82) is 0 Å². The van der Waals surface area contributed by atoms with Crippen LogP contribution >= 0.6 is 0 Å². The molecule has 3 rings (SSSR count). The second-order valence-electron chi connectivity index (χ2n) is 6.91. The monoisotopic (exact) mass is 340 g/mol. The van der Waals surface area contributed by atoms with E-state index in [1.807, 2.05) is 57.2 Å². The van der Waals surface area contributed by atoms with Crippen molar-refractivity contribution >= 4 is 17.3 Å². The Labute approximate surface area is 148 Å². The molecule has 132 valence electrons. The number of carbonyl (C=O) groups is 1. The predicted octanol–water partition coefficient (Wildman–Crippen LogP) is 4.14. The number of rotatable bonds is 4. The summed E-state index contributed by atoms with van der Waals surface area (Å²) >= 11 is 0. The van der Waals surface area contributed by atoms with Crippen LogP contribution in [0.4, 0.5) is 11.4 Å². The molecule has 5 heteroatoms. The summed E-state index contributed by atoms with van der Waals surface area (Å²) in [6, 6.07) is 11.7. The highest BCUT2D eigenvalue weighted by molar-refractivity contribution is 5.99. The topological polar surface area (TPSA) is 59.6 Å². The summed E-state index contributed by atoms with van der Waals surface area (Å²) in [6.45, 7) is 5.93. The number of nitrogens with one attached hydrogen (secondary N) is 2. The number of amides is 1. The average molecular weight is 340 g/mol. The maximum absolute atomic E-state index is 12.7. The smallest absolute Gasteiger partial charge is 0.232 e. The number of aryl methyl sites for hydroxylation is 1. The Hall–Kier alpha value is -2.69. The molecule has 0 saturated carbocycles. The zero-order valence-corrected chi connectivity index (χ0v) is 15.3. The van der Waals surface area contributed by atoms with Gasteiger partial charge in [-0.3, -0.25) is 4.79 Å². The summed E-state index contributed by atoms with van der Waals surface area (Å²) in [7, 11) is 3.19. The van der Waals surface area contributed by atoms with Crippen molar-refractivity contribution in [2.24, 2.45) is 5.41 Å². The highest BCUT2D eigenvalue weighted by Gasteiger charge is 2.43. The lowest BCUT2D eigenvalue weighted by atomic mass is 9.76. The third-order valence-electron chi connectivity index (χ3n) is 4.78. The van der Waals surface area contributed by atoms with E-state index in [0.29, 0.717) is 11.5 Å². The normalized spacial score (nSPS) is 18.1. The van der Waals surface area contributed by atoms with Gasteiger partial charge in [0.1, 0.15) is 0 Å². The summed E-state index contributed by atoms with van der Waals surface area (Å²) in [4.78, 5) is 12.7. The highest BCUT2D eigenvalue weighted by atomic mass is 16.5. The Kier molecular flexibility index (Phi) is 4.33. The van der Waals surface area contributed by atoms with Crippen LogP contribution in [0.3, 0.4) is 0 Å². The maximum atomic E-state index is 12.7. The summed E-state index contributed by atoms with van der Waals surface area (Å²) < 4.78 is 10.8. The molecule has 0 aromatic heterocycles. The van der Waals surface area contributed by atoms with Gasteiger partial charge in [-0.25, -0.2) is 0 Å². The van der Waals surface area contributed by atoms with E-state index in [2.05, 4.69) is 10.6 Å². The molecule has 1 amide bonds. The minimum absolute atomic E-state index is 0.0307. The van der Waals surface area contributed by atoms with Gasteiger partial charge in [0.25, 0.3) is 0 Å². The number of benzene rings is 2. The molecule has 0 saturated heterocycles. The predicted molar refractivity (Wildman–Crippen MR) is 99.5 cm³/mol. The van der Waals surface area contributed by atoms with Crippen LogP contribution in [0.5, 0.6) is 11.5 Å². The van der Waals surface area contributed by atoms with Gasteiger partial charge in [-0.1, -0.05) is 17.7 Å². The second kappa shape index (κ2) is 6.31. The zero-order chi connectivity index (χ0) is 18.2. The van der Waals surface area contributed by atoms with Crippen LogP contribution in [0.2, 0.25) is 0 Å². The van der Waals surface area contributed by atoms with Crippen molar-refractivity contribution in [3.8, 4) is 11.5 Å². The van der Waals surface area contributed by atoms with Gasteiger partial charge >= 0.3 is 0 Å². The zero-order valence-electron chi connectivity index (χ0n) is 15.3. The van der Waals surface area contributed by atoms with Gasteiger partial charge in [0.05, 0.1) is 25.7 Å². The first-order valence-electron chi connectivity index (χ1n) is 8.27. The SMILES string of the molecule is COc1cc2c(cc1OC)C(Nc1ccc(C)cc1)C(C)(C)C(=O)N2. The number of hydrogen-bond donors (Lipinski definition) is 2. The van der Waals surface area contributed by atoms with Crippen LogP contribution in [0, 0.1) is 12.3 Å². The van der Waals surface area contributed by atoms with Crippen LogP contribution in [0.1, 0.15) is 31.0 Å². The van der Waals surface area contributed by atoms with Gasteiger partial charge < -0.3 is 20.1 Å². The van der Waals surface area contributed by atoms with Gasteiger partial charge in [-0.05, 0) is 39.0 Å². The largest absolute Gasteiger partial charge is 0.493 e. The number of anilines is 2. The van der Waals surface area contributed by atoms with E-state index in [0.717, 1.165) is 16.9 Å². The standard InChI is InChI=1S/C20H24N2O3/c1-12-6-8-13(9-7-12)21-18-14-10-16(24-4)17(25-5)11-15(14)22-19(23)20(18,2)3/h6-11,18,21H,1-5H3,(H,22,23). The molecule has 1 atom stereocenters. The van der Waals surface area contributed by atoms with Crippen LogP contribution in [-0.2, 0) is 4.79 Å². The molecule has 0 spiro atoms. The third kappa shape index (κ3) is 3.02. The first kappa shape index (κ1) is 17.1. The van der Waals surface area contributed by atoms with E-state index in [4.69, 9.17) is 9.47 Å². The lowest BCUT2D eigenvalue weighted by Crippen LogP contribution is -2.43. The van der Waals surface area contributed by atoms with Crippen molar-refractivity contribution in [3.05, 3.63) is 47.5 Å². The molecule has 0 aliphatic carbocycles. The van der Waals surface area contributed by atoms with Crippen molar-refractivity contribution in [2.45, 2.75) is 26.8 Å². The van der Waals surface area contributed by atoms with E-state index in [1.54, 1.807) is 14.2 Å². The van der Waals surface area contributed by atoms with E-state index in [-0.39, 0.29) is 11.9 Å². The van der Waals surface area contributed by atoms with E-state index in [1.165, 1.54) is 5.56 Å². The van der Waals surface area contributed by atoms with Crippen molar-refractivity contribution in [1.82, 2.24) is 0 Å². The fraction of sp³-hybridized carbons (Fsp3) is 0.350. The Morgan fingerprint density at radius 2 is 1.64 bits per heavy atom. The molecular weight excluding hydrogens is 316 g/mol. The van der Waals surface area contributed by atoms with Crippen LogP contribution in [-0.4, -0.2) is 20.1 Å². The molecule has 2 aromatic rings. The molecule has 0 fully saturated rings. The van der Waals surface area contributed by atoms with Gasteiger partial charge in [-0.2, -0.15) is 0 Å². The summed E-state index contributed by atoms with van der Waals surface area (Å²) in [5.41, 5.74) is 3.25. The number of carbonyl (C=O) groups excluding carboxylic acids is 1. The van der Waals surface area contributed by atoms with Crippen LogP contribution in [0.15, 0.2) is 36.4 Å². The lowest BCUT2D eigenvalue weighted by molar-refractivity contribution is -0.125. The summed E-state index contributed by atoms with van der Waals surface area (Å²) in [5, 5.41) is 6.50. The number of fused-ring (bicyclic) bond motifs is 1. The first-order chi connectivity index (χ1) is 11.9. The lowest BCUT2D eigenvalue weighted by Gasteiger charge is -2.40. The molecule has 5 nitrogen and oxygen atoms in total. The molecule has 2 N–H and O–H groups in total. The van der Waals surface area contributed by atoms with Gasteiger partial charge in [0, 0.05) is 23.0 Å². The Morgan fingerprint density at radius 3 is 2.24 bits per heavy atom. The third-order valence-corrected chi connectivity index (χ3v) is 4.78. The van der Waals surface area contributed by atoms with Gasteiger partial charge in [0.15, 0.2) is 11.5 Å². The van der Waals surface area contributed by atoms with E-state index < -0.39 is 5.41 Å². The van der Waals surface area contributed by atoms with Gasteiger partial charge in [0.2, 0.25) is 5.91 Å². The molecule has 2 aromatic carbocycles. The summed E-state index contributed by atoms with van der Waals surface area (Å²) in [6.07, 6.45) is 0. The first-order valence-corrected chi connectivity index (χ1v) is 8.27. The molecule has 0 radical (unpaired) electrons. The molecule has 0 bridgehead atoms. The van der Waals surface area contributed by atoms with Crippen molar-refractivity contribution in [3.63, 3.8) is 0 Å². The fourth-order valence-electron chi connectivity index (χ4n) is 3.12. The molecule has 1 aliphatic rings.